The molecule has 2 aromatic carbocycles. The van der Waals surface area contributed by atoms with Crippen molar-refractivity contribution in [2.45, 2.75) is 26.1 Å². The number of nitrogens with zero attached hydrogens (tertiary/aromatic N) is 1. The number of aryl methyl sites for hydroxylation is 1. The van der Waals surface area contributed by atoms with Gasteiger partial charge in [0.2, 0.25) is 0 Å². The summed E-state index contributed by atoms with van der Waals surface area (Å²) in [7, 11) is 0. The van der Waals surface area contributed by atoms with Crippen LogP contribution in [0.2, 0.25) is 0 Å². The third kappa shape index (κ3) is 3.63. The van der Waals surface area contributed by atoms with Gasteiger partial charge in [0, 0.05) is 19.6 Å². The molecule has 110 valence electrons. The molecule has 0 fully saturated rings. The highest BCUT2D eigenvalue weighted by Gasteiger charge is 2.20. The summed E-state index contributed by atoms with van der Waals surface area (Å²) < 4.78 is 5.63. The van der Waals surface area contributed by atoms with E-state index in [0.717, 1.165) is 18.8 Å². The van der Waals surface area contributed by atoms with Crippen molar-refractivity contribution >= 4 is 0 Å². The van der Waals surface area contributed by atoms with Gasteiger partial charge in [-0.05, 0) is 30.2 Å². The van der Waals surface area contributed by atoms with Crippen molar-refractivity contribution in [1.29, 1.82) is 0 Å². The molecule has 0 aliphatic carbocycles. The van der Waals surface area contributed by atoms with Gasteiger partial charge in [-0.3, -0.25) is 4.90 Å². The molecule has 3 rings (SSSR count). The number of hydrogen-bond donors (Lipinski definition) is 1. The zero-order valence-corrected chi connectivity index (χ0v) is 12.3. The van der Waals surface area contributed by atoms with Crippen molar-refractivity contribution in [1.82, 2.24) is 4.90 Å². The van der Waals surface area contributed by atoms with E-state index in [1.54, 1.807) is 0 Å². The van der Waals surface area contributed by atoms with Crippen LogP contribution in [0.25, 0.3) is 0 Å². The lowest BCUT2D eigenvalue weighted by molar-refractivity contribution is 0.0673. The lowest BCUT2D eigenvalue weighted by Crippen LogP contribution is -2.32. The second-order valence-corrected chi connectivity index (χ2v) is 5.72. The maximum absolute atomic E-state index is 10.1. The molecular formula is C18H21NO2. The Morgan fingerprint density at radius 3 is 2.29 bits per heavy atom. The molecule has 1 heterocycles. The monoisotopic (exact) mass is 283 g/mol. The molecule has 0 radical (unpaired) electrons. The van der Waals surface area contributed by atoms with Gasteiger partial charge in [0.15, 0.2) is 0 Å². The molecule has 1 aliphatic heterocycles. The van der Waals surface area contributed by atoms with Gasteiger partial charge in [-0.15, -0.1) is 0 Å². The van der Waals surface area contributed by atoms with Crippen LogP contribution in [0.3, 0.4) is 0 Å². The average molecular weight is 283 g/mol. The fourth-order valence-electron chi connectivity index (χ4n) is 2.71. The fourth-order valence-corrected chi connectivity index (χ4v) is 2.71. The molecule has 0 amide bonds. The van der Waals surface area contributed by atoms with Crippen LogP contribution < -0.4 is 4.74 Å². The lowest BCUT2D eigenvalue weighted by Gasteiger charge is -2.19. The normalized spacial score (nSPS) is 15.7. The second-order valence-electron chi connectivity index (χ2n) is 5.72. The Labute approximate surface area is 125 Å². The predicted octanol–water partition coefficient (Wildman–Crippen LogP) is 2.75. The van der Waals surface area contributed by atoms with Gasteiger partial charge in [0.1, 0.15) is 18.5 Å². The van der Waals surface area contributed by atoms with Crippen LogP contribution in [0.15, 0.2) is 48.5 Å². The molecule has 3 nitrogen and oxygen atoms in total. The van der Waals surface area contributed by atoms with Crippen LogP contribution >= 0.6 is 0 Å². The quantitative estimate of drug-likeness (QED) is 0.916. The first-order valence-corrected chi connectivity index (χ1v) is 7.37. The van der Waals surface area contributed by atoms with Crippen molar-refractivity contribution in [3.63, 3.8) is 0 Å². The number of ether oxygens (including phenoxy) is 1. The van der Waals surface area contributed by atoms with Crippen molar-refractivity contribution < 1.29 is 9.84 Å². The molecule has 21 heavy (non-hydrogen) atoms. The minimum atomic E-state index is -0.472. The first kappa shape index (κ1) is 14.1. The summed E-state index contributed by atoms with van der Waals surface area (Å²) >= 11 is 0. The predicted molar refractivity (Wildman–Crippen MR) is 83.2 cm³/mol. The lowest BCUT2D eigenvalue weighted by atomic mass is 10.1. The first-order valence-electron chi connectivity index (χ1n) is 7.37. The molecule has 0 aromatic heterocycles. The Morgan fingerprint density at radius 1 is 1.05 bits per heavy atom. The van der Waals surface area contributed by atoms with Gasteiger partial charge in [-0.1, -0.05) is 42.0 Å². The maximum atomic E-state index is 10.1. The Balaban J connectivity index is 1.47. The number of aliphatic hydroxyl groups excluding tert-OH is 1. The van der Waals surface area contributed by atoms with Gasteiger partial charge in [0.25, 0.3) is 0 Å². The third-order valence-electron chi connectivity index (χ3n) is 3.84. The summed E-state index contributed by atoms with van der Waals surface area (Å²) in [6.07, 6.45) is -0.472. The highest BCUT2D eigenvalue weighted by molar-refractivity contribution is 5.30. The van der Waals surface area contributed by atoms with E-state index in [2.05, 4.69) is 29.2 Å². The maximum Gasteiger partial charge on any atom is 0.119 e. The number of β-amino-alcohol motifs (C(OH)–C–C–N with tert-alkyl or cyclic N) is 1. The topological polar surface area (TPSA) is 32.7 Å². The van der Waals surface area contributed by atoms with Crippen LogP contribution in [0.1, 0.15) is 16.7 Å². The average Bonchev–Trinajstić information content (AvgIpc) is 2.88. The minimum absolute atomic E-state index is 0.329. The molecule has 2 aromatic rings. The molecule has 1 unspecified atom stereocenters. The first-order chi connectivity index (χ1) is 10.2. The van der Waals surface area contributed by atoms with Gasteiger partial charge in [0.05, 0.1) is 0 Å². The van der Waals surface area contributed by atoms with Crippen molar-refractivity contribution in [2.75, 3.05) is 13.2 Å². The summed E-state index contributed by atoms with van der Waals surface area (Å²) in [6.45, 7) is 4.84. The van der Waals surface area contributed by atoms with Gasteiger partial charge < -0.3 is 9.84 Å². The highest BCUT2D eigenvalue weighted by Crippen LogP contribution is 2.22. The van der Waals surface area contributed by atoms with E-state index in [4.69, 9.17) is 4.74 Å². The molecule has 1 atom stereocenters. The Morgan fingerprint density at radius 2 is 1.67 bits per heavy atom. The van der Waals surface area contributed by atoms with Crippen LogP contribution in [0.5, 0.6) is 5.75 Å². The van der Waals surface area contributed by atoms with E-state index in [1.807, 2.05) is 31.2 Å². The van der Waals surface area contributed by atoms with E-state index in [1.165, 1.54) is 16.7 Å². The van der Waals surface area contributed by atoms with Crippen LogP contribution in [-0.2, 0) is 13.1 Å². The van der Waals surface area contributed by atoms with Gasteiger partial charge >= 0.3 is 0 Å². The largest absolute Gasteiger partial charge is 0.491 e. The smallest absolute Gasteiger partial charge is 0.119 e. The third-order valence-corrected chi connectivity index (χ3v) is 3.84. The standard InChI is InChI=1S/C18H21NO2/c1-14-6-8-18(9-7-14)21-13-17(20)12-19-10-15-4-2-3-5-16(15)11-19/h2-9,17,20H,10-13H2,1H3. The molecule has 1 N–H and O–H groups in total. The van der Waals surface area contributed by atoms with E-state index in [9.17, 15) is 5.11 Å². The van der Waals surface area contributed by atoms with Gasteiger partial charge in [-0.2, -0.15) is 0 Å². The van der Waals surface area contributed by atoms with Crippen molar-refractivity contribution in [3.05, 3.63) is 65.2 Å². The molecule has 1 aliphatic rings. The Bertz CT molecular complexity index is 569. The minimum Gasteiger partial charge on any atom is -0.491 e. The molecule has 0 bridgehead atoms. The highest BCUT2D eigenvalue weighted by atomic mass is 16.5. The summed E-state index contributed by atoms with van der Waals surface area (Å²) in [5, 5.41) is 10.1. The molecule has 0 spiro atoms. The number of rotatable bonds is 5. The summed E-state index contributed by atoms with van der Waals surface area (Å²) in [6, 6.07) is 16.4. The summed E-state index contributed by atoms with van der Waals surface area (Å²) in [5.41, 5.74) is 3.94. The Kier molecular flexibility index (Phi) is 4.23. The number of aliphatic hydroxyl groups is 1. The Hall–Kier alpha value is -1.84. The van der Waals surface area contributed by atoms with Crippen LogP contribution in [0.4, 0.5) is 0 Å². The van der Waals surface area contributed by atoms with E-state index >= 15 is 0 Å². The number of hydrogen-bond acceptors (Lipinski definition) is 3. The zero-order valence-electron chi connectivity index (χ0n) is 12.3. The van der Waals surface area contributed by atoms with E-state index in [-0.39, 0.29) is 0 Å². The van der Waals surface area contributed by atoms with E-state index in [0.29, 0.717) is 13.2 Å². The van der Waals surface area contributed by atoms with E-state index < -0.39 is 6.10 Å². The van der Waals surface area contributed by atoms with Crippen LogP contribution in [-0.4, -0.2) is 29.3 Å². The SMILES string of the molecule is Cc1ccc(OCC(O)CN2Cc3ccccc3C2)cc1. The molecule has 0 saturated carbocycles. The van der Waals surface area contributed by atoms with Crippen molar-refractivity contribution in [3.8, 4) is 5.75 Å². The van der Waals surface area contributed by atoms with Crippen molar-refractivity contribution in [2.24, 2.45) is 0 Å². The zero-order chi connectivity index (χ0) is 14.7. The second kappa shape index (κ2) is 6.29. The van der Waals surface area contributed by atoms with Crippen LogP contribution in [0, 0.1) is 6.92 Å². The molecule has 0 saturated heterocycles. The summed E-state index contributed by atoms with van der Waals surface area (Å²) in [5.74, 6) is 0.810. The molecule has 3 heteroatoms. The number of benzene rings is 2. The molecular weight excluding hydrogens is 262 g/mol. The summed E-state index contributed by atoms with van der Waals surface area (Å²) in [4.78, 5) is 2.26. The fraction of sp³-hybridized carbons (Fsp3) is 0.333. The number of fused-ring (bicyclic) bond motifs is 1. The van der Waals surface area contributed by atoms with Gasteiger partial charge in [-0.25, -0.2) is 0 Å².